The molecule has 0 bridgehead atoms. The molecular weight excluding hydrogens is 128 g/mol. The van der Waals surface area contributed by atoms with E-state index >= 15 is 0 Å². The Kier molecular flexibility index (Phi) is 8.17. The second kappa shape index (κ2) is 8.09. The summed E-state index contributed by atoms with van der Waals surface area (Å²) >= 11 is 1.88. The van der Waals surface area contributed by atoms with Gasteiger partial charge >= 0.3 is 0 Å². The third-order valence-corrected chi connectivity index (χ3v) is 1.80. The van der Waals surface area contributed by atoms with Crippen LogP contribution < -0.4 is 0 Å². The molecule has 0 radical (unpaired) electrons. The van der Waals surface area contributed by atoms with Crippen molar-refractivity contribution in [2.24, 2.45) is 0 Å². The lowest BCUT2D eigenvalue weighted by atomic mass is 10.2. The largest absolute Gasteiger partial charge is 0.135 e. The summed E-state index contributed by atoms with van der Waals surface area (Å²) in [5.74, 6) is 1.20. The van der Waals surface area contributed by atoms with Crippen LogP contribution in [0.5, 0.6) is 0 Å². The number of allylic oxidation sites excluding steroid dienone is 1. The molecule has 1 heteroatoms. The first kappa shape index (κ1) is 9.09. The average molecular weight is 144 g/mol. The van der Waals surface area contributed by atoms with Crippen LogP contribution in [0, 0.1) is 0 Å². The van der Waals surface area contributed by atoms with Gasteiger partial charge in [-0.05, 0) is 17.6 Å². The van der Waals surface area contributed by atoms with Crippen molar-refractivity contribution < 1.29 is 0 Å². The molecule has 0 aliphatic heterocycles. The van der Waals surface area contributed by atoms with Gasteiger partial charge < -0.3 is 0 Å². The van der Waals surface area contributed by atoms with Gasteiger partial charge in [-0.1, -0.05) is 32.8 Å². The smallest absolute Gasteiger partial charge is 0.00546 e. The number of hydrogen-bond acceptors (Lipinski definition) is 1. The van der Waals surface area contributed by atoms with E-state index in [-0.39, 0.29) is 0 Å². The van der Waals surface area contributed by atoms with E-state index in [0.29, 0.717) is 0 Å². The Hall–Kier alpha value is 0.0900. The molecule has 0 rings (SSSR count). The van der Waals surface area contributed by atoms with Gasteiger partial charge in [0.25, 0.3) is 0 Å². The normalized spacial score (nSPS) is 10.9. The third kappa shape index (κ3) is 8.09. The lowest BCUT2D eigenvalue weighted by Crippen LogP contribution is -1.65. The van der Waals surface area contributed by atoms with Crippen molar-refractivity contribution in [1.82, 2.24) is 0 Å². The van der Waals surface area contributed by atoms with Gasteiger partial charge in [0.2, 0.25) is 0 Å². The topological polar surface area (TPSA) is 0 Å². The summed E-state index contributed by atoms with van der Waals surface area (Å²) < 4.78 is 0. The lowest BCUT2D eigenvalue weighted by molar-refractivity contribution is 0.815. The first-order chi connectivity index (χ1) is 4.41. The van der Waals surface area contributed by atoms with Crippen LogP contribution in [0.3, 0.4) is 0 Å². The molecule has 0 saturated carbocycles. The van der Waals surface area contributed by atoms with E-state index < -0.39 is 0 Å². The Balaban J connectivity index is 2.86. The monoisotopic (exact) mass is 144 g/mol. The summed E-state index contributed by atoms with van der Waals surface area (Å²) in [5, 5.41) is 2.20. The third-order valence-electron chi connectivity index (χ3n) is 1.08. The van der Waals surface area contributed by atoms with Crippen LogP contribution in [0.4, 0.5) is 0 Å². The predicted molar refractivity (Wildman–Crippen MR) is 46.8 cm³/mol. The molecule has 0 spiro atoms. The highest BCUT2D eigenvalue weighted by Gasteiger charge is 1.76. The van der Waals surface area contributed by atoms with Crippen molar-refractivity contribution >= 4 is 11.8 Å². The molecule has 0 nitrogen and oxygen atoms in total. The van der Waals surface area contributed by atoms with Crippen LogP contribution in [0.25, 0.3) is 0 Å². The second-order valence-corrected chi connectivity index (χ2v) is 3.15. The van der Waals surface area contributed by atoms with E-state index in [0.717, 1.165) is 0 Å². The number of thioether (sulfide) groups is 1. The SMILES string of the molecule is CCCC/C=C\SCC. The van der Waals surface area contributed by atoms with Crippen LogP contribution in [-0.4, -0.2) is 5.75 Å². The van der Waals surface area contributed by atoms with E-state index in [2.05, 4.69) is 25.3 Å². The Labute approximate surface area is 62.7 Å². The molecule has 0 aromatic heterocycles. The average Bonchev–Trinajstić information content (AvgIpc) is 1.89. The molecule has 0 fully saturated rings. The molecule has 54 valence electrons. The highest BCUT2D eigenvalue weighted by Crippen LogP contribution is 2.03. The quantitative estimate of drug-likeness (QED) is 0.533. The first-order valence-electron chi connectivity index (χ1n) is 3.68. The molecule has 9 heavy (non-hydrogen) atoms. The standard InChI is InChI=1S/C8H16S/c1-3-5-6-7-8-9-4-2/h7-8H,3-6H2,1-2H3/b8-7-. The second-order valence-electron chi connectivity index (χ2n) is 1.97. The van der Waals surface area contributed by atoms with E-state index in [1.165, 1.54) is 25.0 Å². The zero-order chi connectivity index (χ0) is 6.95. The summed E-state index contributed by atoms with van der Waals surface area (Å²) in [6, 6.07) is 0. The molecule has 0 aromatic carbocycles. The highest BCUT2D eigenvalue weighted by molar-refractivity contribution is 8.02. The van der Waals surface area contributed by atoms with Crippen LogP contribution in [0.1, 0.15) is 33.1 Å². The van der Waals surface area contributed by atoms with E-state index in [1.807, 2.05) is 11.8 Å². The maximum absolute atomic E-state index is 2.26. The molecule has 0 unspecified atom stereocenters. The fraction of sp³-hybridized carbons (Fsp3) is 0.750. The molecule has 0 aliphatic carbocycles. The molecule has 0 N–H and O–H groups in total. The minimum atomic E-state index is 1.20. The van der Waals surface area contributed by atoms with Gasteiger partial charge in [0, 0.05) is 0 Å². The van der Waals surface area contributed by atoms with Gasteiger partial charge in [-0.2, -0.15) is 0 Å². The van der Waals surface area contributed by atoms with Gasteiger partial charge in [-0.15, -0.1) is 11.8 Å². The molecule has 0 aliphatic rings. The van der Waals surface area contributed by atoms with E-state index in [4.69, 9.17) is 0 Å². The van der Waals surface area contributed by atoms with Gasteiger partial charge in [0.15, 0.2) is 0 Å². The minimum absolute atomic E-state index is 1.20. The Morgan fingerprint density at radius 1 is 1.33 bits per heavy atom. The van der Waals surface area contributed by atoms with Crippen molar-refractivity contribution in [3.8, 4) is 0 Å². The van der Waals surface area contributed by atoms with Crippen LogP contribution >= 0.6 is 11.8 Å². The fourth-order valence-electron chi connectivity index (χ4n) is 0.554. The highest BCUT2D eigenvalue weighted by atomic mass is 32.2. The van der Waals surface area contributed by atoms with Crippen LogP contribution in [0.2, 0.25) is 0 Å². The summed E-state index contributed by atoms with van der Waals surface area (Å²) in [7, 11) is 0. The Bertz CT molecular complexity index is 67.0. The van der Waals surface area contributed by atoms with Crippen LogP contribution in [0.15, 0.2) is 11.5 Å². The van der Waals surface area contributed by atoms with Crippen molar-refractivity contribution in [1.29, 1.82) is 0 Å². The summed E-state index contributed by atoms with van der Waals surface area (Å²) in [4.78, 5) is 0. The van der Waals surface area contributed by atoms with Crippen molar-refractivity contribution in [2.45, 2.75) is 33.1 Å². The summed E-state index contributed by atoms with van der Waals surface area (Å²) in [5.41, 5.74) is 0. The molecule has 0 heterocycles. The molecule has 0 atom stereocenters. The first-order valence-corrected chi connectivity index (χ1v) is 4.73. The van der Waals surface area contributed by atoms with Crippen molar-refractivity contribution in [3.63, 3.8) is 0 Å². The van der Waals surface area contributed by atoms with Crippen molar-refractivity contribution in [3.05, 3.63) is 11.5 Å². The number of unbranched alkanes of at least 4 members (excludes halogenated alkanes) is 2. The van der Waals surface area contributed by atoms with Gasteiger partial charge in [-0.3, -0.25) is 0 Å². The molecule has 0 aromatic rings. The zero-order valence-corrected chi connectivity index (χ0v) is 7.21. The zero-order valence-electron chi connectivity index (χ0n) is 6.39. The molecular formula is C8H16S. The number of rotatable bonds is 5. The summed E-state index contributed by atoms with van der Waals surface area (Å²) in [6.45, 7) is 4.40. The molecule has 0 amide bonds. The Morgan fingerprint density at radius 2 is 2.11 bits per heavy atom. The van der Waals surface area contributed by atoms with E-state index in [9.17, 15) is 0 Å². The fourth-order valence-corrected chi connectivity index (χ4v) is 1.02. The van der Waals surface area contributed by atoms with Gasteiger partial charge in [0.05, 0.1) is 0 Å². The Morgan fingerprint density at radius 3 is 2.67 bits per heavy atom. The van der Waals surface area contributed by atoms with Gasteiger partial charge in [-0.25, -0.2) is 0 Å². The van der Waals surface area contributed by atoms with E-state index in [1.54, 1.807) is 0 Å². The maximum atomic E-state index is 2.26. The van der Waals surface area contributed by atoms with Crippen LogP contribution in [-0.2, 0) is 0 Å². The maximum Gasteiger partial charge on any atom is -0.00546 e. The minimum Gasteiger partial charge on any atom is -0.135 e. The van der Waals surface area contributed by atoms with Crippen molar-refractivity contribution in [2.75, 3.05) is 5.75 Å². The molecule has 0 saturated heterocycles. The summed E-state index contributed by atoms with van der Waals surface area (Å²) in [6.07, 6.45) is 6.16. The predicted octanol–water partition coefficient (Wildman–Crippen LogP) is 3.44. The lowest BCUT2D eigenvalue weighted by Gasteiger charge is -1.87. The number of hydrogen-bond donors (Lipinski definition) is 0. The van der Waals surface area contributed by atoms with Gasteiger partial charge in [0.1, 0.15) is 0 Å².